The minimum atomic E-state index is -0.473. The Hall–Kier alpha value is -3.42. The van der Waals surface area contributed by atoms with E-state index in [0.717, 1.165) is 16.5 Å². The fourth-order valence-electron chi connectivity index (χ4n) is 3.21. The average molecular weight is 437 g/mol. The quantitative estimate of drug-likeness (QED) is 0.357. The topological polar surface area (TPSA) is 85.3 Å². The lowest BCUT2D eigenvalue weighted by Crippen LogP contribution is -2.09. The van der Waals surface area contributed by atoms with Gasteiger partial charge in [0.1, 0.15) is 11.3 Å². The van der Waals surface area contributed by atoms with Gasteiger partial charge in [0.2, 0.25) is 5.88 Å². The van der Waals surface area contributed by atoms with Crippen molar-refractivity contribution in [2.75, 3.05) is 5.32 Å². The van der Waals surface area contributed by atoms with E-state index in [4.69, 9.17) is 20.5 Å². The Morgan fingerprint density at radius 1 is 1.10 bits per heavy atom. The van der Waals surface area contributed by atoms with Crippen LogP contribution in [0.2, 0.25) is 5.02 Å². The molecular formula is C22H13ClN2O4S. The van der Waals surface area contributed by atoms with E-state index in [9.17, 15) is 9.59 Å². The molecule has 0 aliphatic heterocycles. The summed E-state index contributed by atoms with van der Waals surface area (Å²) in [7, 11) is 0. The number of nitrogens with one attached hydrogen (secondary N) is 1. The Labute approximate surface area is 178 Å². The van der Waals surface area contributed by atoms with Crippen LogP contribution in [0.3, 0.4) is 0 Å². The molecule has 30 heavy (non-hydrogen) atoms. The van der Waals surface area contributed by atoms with Gasteiger partial charge in [-0.25, -0.2) is 4.79 Å². The van der Waals surface area contributed by atoms with Crippen molar-refractivity contribution in [3.05, 3.63) is 80.5 Å². The SMILES string of the molecule is Cc1ccc2oc(=O)c3cc(C(=O)Nc4cc(-c5cccc(Cl)c5)no4)sc3c2c1. The van der Waals surface area contributed by atoms with Crippen molar-refractivity contribution in [3.63, 3.8) is 0 Å². The number of hydrogen-bond donors (Lipinski definition) is 1. The second kappa shape index (κ2) is 7.12. The first kappa shape index (κ1) is 18.6. The van der Waals surface area contributed by atoms with Gasteiger partial charge in [-0.05, 0) is 37.3 Å². The molecule has 0 saturated carbocycles. The zero-order valence-electron chi connectivity index (χ0n) is 15.6. The van der Waals surface area contributed by atoms with Gasteiger partial charge in [-0.3, -0.25) is 10.1 Å². The minimum Gasteiger partial charge on any atom is -0.422 e. The number of fused-ring (bicyclic) bond motifs is 3. The molecule has 0 spiro atoms. The highest BCUT2D eigenvalue weighted by Crippen LogP contribution is 2.32. The lowest BCUT2D eigenvalue weighted by Gasteiger charge is -1.99. The van der Waals surface area contributed by atoms with Crippen LogP contribution < -0.4 is 10.9 Å². The molecule has 3 heterocycles. The zero-order valence-corrected chi connectivity index (χ0v) is 17.1. The number of carbonyl (C=O) groups excluding carboxylic acids is 1. The first-order chi connectivity index (χ1) is 14.5. The molecule has 3 aromatic heterocycles. The van der Waals surface area contributed by atoms with Crippen molar-refractivity contribution < 1.29 is 13.7 Å². The summed E-state index contributed by atoms with van der Waals surface area (Å²) < 4.78 is 11.3. The van der Waals surface area contributed by atoms with Crippen molar-refractivity contribution >= 4 is 55.8 Å². The van der Waals surface area contributed by atoms with Crippen LogP contribution in [0.15, 0.2) is 68.3 Å². The Balaban J connectivity index is 1.48. The van der Waals surface area contributed by atoms with Crippen molar-refractivity contribution in [2.45, 2.75) is 6.92 Å². The summed E-state index contributed by atoms with van der Waals surface area (Å²) in [6.07, 6.45) is 0. The largest absolute Gasteiger partial charge is 0.422 e. The van der Waals surface area contributed by atoms with Gasteiger partial charge in [0.25, 0.3) is 5.91 Å². The highest BCUT2D eigenvalue weighted by Gasteiger charge is 2.18. The minimum absolute atomic E-state index is 0.195. The van der Waals surface area contributed by atoms with Gasteiger partial charge in [0, 0.05) is 22.0 Å². The van der Waals surface area contributed by atoms with E-state index in [1.807, 2.05) is 25.1 Å². The molecule has 0 radical (unpaired) electrons. The molecule has 0 aliphatic rings. The highest BCUT2D eigenvalue weighted by molar-refractivity contribution is 7.21. The normalized spacial score (nSPS) is 11.3. The molecule has 8 heteroatoms. The fraction of sp³-hybridized carbons (Fsp3) is 0.0455. The van der Waals surface area contributed by atoms with Crippen molar-refractivity contribution in [1.82, 2.24) is 5.16 Å². The van der Waals surface area contributed by atoms with Gasteiger partial charge >= 0.3 is 5.63 Å². The first-order valence-corrected chi connectivity index (χ1v) is 10.2. The van der Waals surface area contributed by atoms with Crippen LogP contribution in [0, 0.1) is 6.92 Å². The summed E-state index contributed by atoms with van der Waals surface area (Å²) in [6.45, 7) is 1.96. The molecule has 6 nitrogen and oxygen atoms in total. The highest BCUT2D eigenvalue weighted by atomic mass is 35.5. The number of benzene rings is 2. The molecule has 5 rings (SSSR count). The fourth-order valence-corrected chi connectivity index (χ4v) is 4.46. The molecule has 0 unspecified atom stereocenters. The lowest BCUT2D eigenvalue weighted by atomic mass is 10.1. The average Bonchev–Trinajstić information content (AvgIpc) is 3.37. The number of amides is 1. The summed E-state index contributed by atoms with van der Waals surface area (Å²) in [5.41, 5.74) is 2.37. The smallest absolute Gasteiger partial charge is 0.345 e. The molecule has 5 aromatic rings. The maximum Gasteiger partial charge on any atom is 0.345 e. The van der Waals surface area contributed by atoms with E-state index >= 15 is 0 Å². The third-order valence-corrected chi connectivity index (χ3v) is 6.03. The Bertz CT molecular complexity index is 1500. The van der Waals surface area contributed by atoms with Crippen molar-refractivity contribution in [2.24, 2.45) is 0 Å². The third-order valence-electron chi connectivity index (χ3n) is 4.63. The molecule has 0 saturated heterocycles. The number of anilines is 1. The predicted molar refractivity (Wildman–Crippen MR) is 118 cm³/mol. The van der Waals surface area contributed by atoms with Crippen molar-refractivity contribution in [3.8, 4) is 11.3 Å². The summed E-state index contributed by atoms with van der Waals surface area (Å²) in [5, 5.41) is 8.41. The monoisotopic (exact) mass is 436 g/mol. The third kappa shape index (κ3) is 3.28. The van der Waals surface area contributed by atoms with Crippen LogP contribution in [-0.4, -0.2) is 11.1 Å². The molecule has 0 atom stereocenters. The standard InChI is InChI=1S/C22H13ClN2O4S/c1-11-5-6-17-14(7-11)20-15(22(27)28-17)9-18(30-20)21(26)24-19-10-16(25-29-19)12-3-2-4-13(23)8-12/h2-10H,1H3,(H,24,26). The van der Waals surface area contributed by atoms with Crippen LogP contribution in [0.5, 0.6) is 0 Å². The second-order valence-corrected chi connectivity index (χ2v) is 8.27. The van der Waals surface area contributed by atoms with Crippen LogP contribution in [-0.2, 0) is 0 Å². The number of aryl methyl sites for hydroxylation is 1. The second-order valence-electron chi connectivity index (χ2n) is 6.78. The molecule has 0 bridgehead atoms. The van der Waals surface area contributed by atoms with E-state index in [-0.39, 0.29) is 5.88 Å². The number of rotatable bonds is 3. The Morgan fingerprint density at radius 3 is 2.80 bits per heavy atom. The number of aromatic nitrogens is 1. The maximum absolute atomic E-state index is 12.8. The number of halogens is 1. The van der Waals surface area contributed by atoms with Gasteiger partial charge in [-0.15, -0.1) is 11.3 Å². The molecule has 1 amide bonds. The van der Waals surface area contributed by atoms with E-state index in [0.29, 0.717) is 31.3 Å². The molecule has 0 fully saturated rings. The van der Waals surface area contributed by atoms with E-state index in [1.54, 1.807) is 30.3 Å². The number of hydrogen-bond acceptors (Lipinski definition) is 6. The summed E-state index contributed by atoms with van der Waals surface area (Å²) >= 11 is 7.24. The van der Waals surface area contributed by atoms with Gasteiger partial charge in [-0.1, -0.05) is 40.5 Å². The molecular weight excluding hydrogens is 424 g/mol. The first-order valence-electron chi connectivity index (χ1n) is 8.99. The lowest BCUT2D eigenvalue weighted by molar-refractivity contribution is 0.102. The molecule has 0 aliphatic carbocycles. The Morgan fingerprint density at radius 2 is 1.97 bits per heavy atom. The maximum atomic E-state index is 12.8. The van der Waals surface area contributed by atoms with Gasteiger partial charge in [-0.2, -0.15) is 0 Å². The van der Waals surface area contributed by atoms with E-state index < -0.39 is 11.5 Å². The van der Waals surface area contributed by atoms with Crippen molar-refractivity contribution in [1.29, 1.82) is 0 Å². The predicted octanol–water partition coefficient (Wildman–Crippen LogP) is 5.88. The van der Waals surface area contributed by atoms with Crippen LogP contribution in [0.1, 0.15) is 15.2 Å². The van der Waals surface area contributed by atoms with E-state index in [1.165, 1.54) is 17.4 Å². The van der Waals surface area contributed by atoms with Gasteiger partial charge in [0.05, 0.1) is 15.0 Å². The van der Waals surface area contributed by atoms with Crippen LogP contribution in [0.4, 0.5) is 5.88 Å². The molecule has 2 aromatic carbocycles. The number of thiophene rings is 1. The number of carbonyl (C=O) groups is 1. The van der Waals surface area contributed by atoms with Crippen LogP contribution >= 0.6 is 22.9 Å². The summed E-state index contributed by atoms with van der Waals surface area (Å²) in [6, 6.07) is 15.9. The van der Waals surface area contributed by atoms with Crippen LogP contribution in [0.25, 0.3) is 32.3 Å². The van der Waals surface area contributed by atoms with Gasteiger partial charge < -0.3 is 8.94 Å². The van der Waals surface area contributed by atoms with Gasteiger partial charge in [0.15, 0.2) is 0 Å². The zero-order chi connectivity index (χ0) is 20.8. The number of nitrogens with zero attached hydrogens (tertiary/aromatic N) is 1. The Kier molecular flexibility index (Phi) is 4.42. The molecule has 1 N–H and O–H groups in total. The summed E-state index contributed by atoms with van der Waals surface area (Å²) in [4.78, 5) is 25.5. The summed E-state index contributed by atoms with van der Waals surface area (Å²) in [5.74, 6) is -0.203. The molecule has 148 valence electrons. The van der Waals surface area contributed by atoms with E-state index in [2.05, 4.69) is 10.5 Å².